The number of hydrogen-bond donors (Lipinski definition) is 2. The van der Waals surface area contributed by atoms with Gasteiger partial charge in [0.1, 0.15) is 5.75 Å². The zero-order chi connectivity index (χ0) is 13.2. The van der Waals surface area contributed by atoms with Gasteiger partial charge in [0.15, 0.2) is 0 Å². The van der Waals surface area contributed by atoms with Crippen molar-refractivity contribution < 1.29 is 14.6 Å². The molecule has 0 aliphatic carbocycles. The van der Waals surface area contributed by atoms with E-state index in [9.17, 15) is 0 Å². The van der Waals surface area contributed by atoms with Gasteiger partial charge in [-0.2, -0.15) is 0 Å². The van der Waals surface area contributed by atoms with Crippen LogP contribution in [0.5, 0.6) is 5.75 Å². The highest BCUT2D eigenvalue weighted by Gasteiger charge is 2.06. The molecular formula is C14H23NO3. The summed E-state index contributed by atoms with van der Waals surface area (Å²) in [5.74, 6) is 0.933. The highest BCUT2D eigenvalue weighted by Crippen LogP contribution is 2.18. The number of aliphatic hydroxyl groups is 1. The van der Waals surface area contributed by atoms with E-state index in [4.69, 9.17) is 14.6 Å². The molecule has 0 aliphatic rings. The van der Waals surface area contributed by atoms with Crippen molar-refractivity contribution in [3.8, 4) is 5.75 Å². The SMILES string of the molecule is COc1ccccc1CC(C)NCCOCCO. The van der Waals surface area contributed by atoms with Crippen LogP contribution in [0, 0.1) is 0 Å². The van der Waals surface area contributed by atoms with E-state index >= 15 is 0 Å². The van der Waals surface area contributed by atoms with Gasteiger partial charge in [0.25, 0.3) is 0 Å². The first-order valence-corrected chi connectivity index (χ1v) is 6.31. The predicted octanol–water partition coefficient (Wildman–Crippen LogP) is 1.22. The molecule has 2 N–H and O–H groups in total. The molecule has 0 heterocycles. The molecule has 1 aromatic rings. The number of ether oxygens (including phenoxy) is 2. The second-order valence-corrected chi connectivity index (χ2v) is 4.21. The molecule has 102 valence electrons. The van der Waals surface area contributed by atoms with E-state index in [0.29, 0.717) is 19.3 Å². The van der Waals surface area contributed by atoms with Crippen LogP contribution >= 0.6 is 0 Å². The Morgan fingerprint density at radius 3 is 2.78 bits per heavy atom. The van der Waals surface area contributed by atoms with Crippen molar-refractivity contribution >= 4 is 0 Å². The molecule has 0 radical (unpaired) electrons. The third-order valence-electron chi connectivity index (χ3n) is 2.69. The summed E-state index contributed by atoms with van der Waals surface area (Å²) in [5, 5.41) is 11.9. The second-order valence-electron chi connectivity index (χ2n) is 4.21. The number of hydrogen-bond acceptors (Lipinski definition) is 4. The molecule has 1 aromatic carbocycles. The molecule has 1 atom stereocenters. The zero-order valence-electron chi connectivity index (χ0n) is 11.2. The monoisotopic (exact) mass is 253 g/mol. The van der Waals surface area contributed by atoms with Crippen molar-refractivity contribution in [2.75, 3.05) is 33.5 Å². The summed E-state index contributed by atoms with van der Waals surface area (Å²) in [6, 6.07) is 8.42. The summed E-state index contributed by atoms with van der Waals surface area (Å²) < 4.78 is 10.5. The first kappa shape index (κ1) is 15.0. The van der Waals surface area contributed by atoms with Crippen LogP contribution in [0.1, 0.15) is 12.5 Å². The van der Waals surface area contributed by atoms with E-state index in [1.54, 1.807) is 7.11 Å². The highest BCUT2D eigenvalue weighted by atomic mass is 16.5. The fraction of sp³-hybridized carbons (Fsp3) is 0.571. The van der Waals surface area contributed by atoms with Crippen molar-refractivity contribution in [3.05, 3.63) is 29.8 Å². The van der Waals surface area contributed by atoms with Crippen molar-refractivity contribution in [2.45, 2.75) is 19.4 Å². The lowest BCUT2D eigenvalue weighted by atomic mass is 10.1. The molecule has 4 heteroatoms. The second kappa shape index (κ2) is 8.91. The van der Waals surface area contributed by atoms with Gasteiger partial charge in [-0.05, 0) is 25.0 Å². The van der Waals surface area contributed by atoms with E-state index in [-0.39, 0.29) is 6.61 Å². The molecule has 4 nitrogen and oxygen atoms in total. The molecule has 0 bridgehead atoms. The minimum atomic E-state index is 0.0801. The molecule has 0 fully saturated rings. The predicted molar refractivity (Wildman–Crippen MR) is 72.1 cm³/mol. The first-order chi connectivity index (χ1) is 8.77. The standard InChI is InChI=1S/C14H23NO3/c1-12(15-7-9-18-10-8-16)11-13-5-3-4-6-14(13)17-2/h3-6,12,15-16H,7-11H2,1-2H3. The van der Waals surface area contributed by atoms with Gasteiger partial charge in [-0.25, -0.2) is 0 Å². The summed E-state index contributed by atoms with van der Waals surface area (Å²) >= 11 is 0. The molecule has 1 rings (SSSR count). The van der Waals surface area contributed by atoms with Crippen LogP contribution < -0.4 is 10.1 Å². The quantitative estimate of drug-likeness (QED) is 0.650. The van der Waals surface area contributed by atoms with Gasteiger partial charge in [0.05, 0.1) is 26.9 Å². The fourth-order valence-corrected chi connectivity index (χ4v) is 1.82. The number of methoxy groups -OCH3 is 1. The van der Waals surface area contributed by atoms with Gasteiger partial charge >= 0.3 is 0 Å². The largest absolute Gasteiger partial charge is 0.496 e. The third kappa shape index (κ3) is 5.49. The minimum Gasteiger partial charge on any atom is -0.496 e. The summed E-state index contributed by atoms with van der Waals surface area (Å²) in [6.45, 7) is 4.03. The maximum Gasteiger partial charge on any atom is 0.122 e. The Morgan fingerprint density at radius 1 is 1.28 bits per heavy atom. The lowest BCUT2D eigenvalue weighted by Crippen LogP contribution is -2.31. The number of rotatable bonds is 9. The van der Waals surface area contributed by atoms with Gasteiger partial charge in [-0.3, -0.25) is 0 Å². The van der Waals surface area contributed by atoms with Crippen LogP contribution in [-0.2, 0) is 11.2 Å². The average Bonchev–Trinajstić information content (AvgIpc) is 2.39. The Labute approximate surface area is 109 Å². The van der Waals surface area contributed by atoms with Gasteiger partial charge in [0, 0.05) is 12.6 Å². The van der Waals surface area contributed by atoms with Crippen LogP contribution in [0.15, 0.2) is 24.3 Å². The van der Waals surface area contributed by atoms with Crippen LogP contribution in [-0.4, -0.2) is 44.6 Å². The summed E-state index contributed by atoms with van der Waals surface area (Å²) in [6.07, 6.45) is 0.921. The first-order valence-electron chi connectivity index (χ1n) is 6.31. The lowest BCUT2D eigenvalue weighted by molar-refractivity contribution is 0.0928. The van der Waals surface area contributed by atoms with E-state index in [0.717, 1.165) is 18.7 Å². The van der Waals surface area contributed by atoms with Crippen molar-refractivity contribution in [1.29, 1.82) is 0 Å². The van der Waals surface area contributed by atoms with Crippen molar-refractivity contribution in [2.24, 2.45) is 0 Å². The van der Waals surface area contributed by atoms with E-state index in [2.05, 4.69) is 18.3 Å². The van der Waals surface area contributed by atoms with E-state index in [1.165, 1.54) is 5.56 Å². The van der Waals surface area contributed by atoms with Crippen molar-refractivity contribution in [3.63, 3.8) is 0 Å². The molecule has 0 aromatic heterocycles. The fourth-order valence-electron chi connectivity index (χ4n) is 1.82. The topological polar surface area (TPSA) is 50.7 Å². The van der Waals surface area contributed by atoms with Crippen LogP contribution in [0.4, 0.5) is 0 Å². The smallest absolute Gasteiger partial charge is 0.122 e. The minimum absolute atomic E-state index is 0.0801. The molecule has 0 aliphatic heterocycles. The van der Waals surface area contributed by atoms with Crippen LogP contribution in [0.25, 0.3) is 0 Å². The highest BCUT2D eigenvalue weighted by molar-refractivity contribution is 5.33. The lowest BCUT2D eigenvalue weighted by Gasteiger charge is -2.15. The molecule has 0 saturated carbocycles. The van der Waals surface area contributed by atoms with Crippen LogP contribution in [0.2, 0.25) is 0 Å². The van der Waals surface area contributed by atoms with Crippen LogP contribution in [0.3, 0.4) is 0 Å². The molecule has 1 unspecified atom stereocenters. The number of nitrogens with one attached hydrogen (secondary N) is 1. The van der Waals surface area contributed by atoms with E-state index < -0.39 is 0 Å². The third-order valence-corrected chi connectivity index (χ3v) is 2.69. The number of aliphatic hydroxyl groups excluding tert-OH is 1. The van der Waals surface area contributed by atoms with Gasteiger partial charge in [-0.1, -0.05) is 18.2 Å². The molecular weight excluding hydrogens is 230 g/mol. The van der Waals surface area contributed by atoms with Crippen molar-refractivity contribution in [1.82, 2.24) is 5.32 Å². The molecule has 0 spiro atoms. The van der Waals surface area contributed by atoms with E-state index in [1.807, 2.05) is 18.2 Å². The number of para-hydroxylation sites is 1. The zero-order valence-corrected chi connectivity index (χ0v) is 11.2. The Balaban J connectivity index is 2.28. The Hall–Kier alpha value is -1.10. The number of benzene rings is 1. The summed E-state index contributed by atoms with van der Waals surface area (Å²) in [4.78, 5) is 0. The van der Waals surface area contributed by atoms with Gasteiger partial charge < -0.3 is 19.9 Å². The van der Waals surface area contributed by atoms with Gasteiger partial charge in [-0.15, -0.1) is 0 Å². The molecule has 0 amide bonds. The Bertz CT molecular complexity index is 331. The molecule has 18 heavy (non-hydrogen) atoms. The summed E-state index contributed by atoms with van der Waals surface area (Å²) in [5.41, 5.74) is 1.20. The Kier molecular flexibility index (Phi) is 7.41. The average molecular weight is 253 g/mol. The molecule has 0 saturated heterocycles. The van der Waals surface area contributed by atoms with Gasteiger partial charge in [0.2, 0.25) is 0 Å². The Morgan fingerprint density at radius 2 is 2.06 bits per heavy atom. The summed E-state index contributed by atoms with van der Waals surface area (Å²) in [7, 11) is 1.69. The maximum absolute atomic E-state index is 8.57. The maximum atomic E-state index is 8.57. The normalized spacial score (nSPS) is 12.4.